The molecule has 2 atom stereocenters. The van der Waals surface area contributed by atoms with Crippen molar-refractivity contribution in [2.45, 2.75) is 46.0 Å². The minimum Gasteiger partial charge on any atom is -0.306 e. The van der Waals surface area contributed by atoms with Gasteiger partial charge in [-0.15, -0.1) is 0 Å². The number of halogens is 3. The maximum absolute atomic E-state index is 12.5. The molecule has 120 valence electrons. The first-order chi connectivity index (χ1) is 9.77. The molecule has 1 aromatic rings. The molecule has 21 heavy (non-hydrogen) atoms. The lowest BCUT2D eigenvalue weighted by Gasteiger charge is -2.26. The Balaban J connectivity index is 2.61. The number of hydrogen-bond donors (Lipinski definition) is 1. The number of nitrogens with zero attached hydrogens (tertiary/aromatic N) is 1. The SMILES string of the molecule is CCN(CC)CC(C)NC(C)c1ccc(C(F)(F)F)cc1. The maximum Gasteiger partial charge on any atom is 0.416 e. The fourth-order valence-corrected chi connectivity index (χ4v) is 2.41. The molecule has 2 unspecified atom stereocenters. The van der Waals surface area contributed by atoms with Crippen LogP contribution in [0.5, 0.6) is 0 Å². The van der Waals surface area contributed by atoms with Crippen molar-refractivity contribution >= 4 is 0 Å². The molecule has 1 aromatic carbocycles. The van der Waals surface area contributed by atoms with Crippen molar-refractivity contribution in [1.82, 2.24) is 10.2 Å². The van der Waals surface area contributed by atoms with Crippen molar-refractivity contribution in [3.8, 4) is 0 Å². The average Bonchev–Trinajstić information content (AvgIpc) is 2.43. The molecule has 0 saturated carbocycles. The van der Waals surface area contributed by atoms with Gasteiger partial charge in [0.1, 0.15) is 0 Å². The van der Waals surface area contributed by atoms with E-state index < -0.39 is 11.7 Å². The highest BCUT2D eigenvalue weighted by Gasteiger charge is 2.30. The Bertz CT molecular complexity index is 411. The van der Waals surface area contributed by atoms with E-state index in [4.69, 9.17) is 0 Å². The highest BCUT2D eigenvalue weighted by molar-refractivity contribution is 5.26. The quantitative estimate of drug-likeness (QED) is 0.816. The van der Waals surface area contributed by atoms with Gasteiger partial charge in [-0.1, -0.05) is 26.0 Å². The fraction of sp³-hybridized carbons (Fsp3) is 0.625. The van der Waals surface area contributed by atoms with Gasteiger partial charge in [-0.2, -0.15) is 13.2 Å². The van der Waals surface area contributed by atoms with E-state index in [1.165, 1.54) is 0 Å². The van der Waals surface area contributed by atoms with Crippen LogP contribution in [0.3, 0.4) is 0 Å². The summed E-state index contributed by atoms with van der Waals surface area (Å²) in [5.41, 5.74) is 0.268. The second kappa shape index (κ2) is 7.80. The minimum absolute atomic E-state index is 0.0258. The Labute approximate surface area is 125 Å². The molecule has 2 nitrogen and oxygen atoms in total. The van der Waals surface area contributed by atoms with Crippen LogP contribution >= 0.6 is 0 Å². The van der Waals surface area contributed by atoms with Crippen LogP contribution in [-0.2, 0) is 6.18 Å². The van der Waals surface area contributed by atoms with Crippen LogP contribution in [0.2, 0.25) is 0 Å². The number of rotatable bonds is 7. The summed E-state index contributed by atoms with van der Waals surface area (Å²) in [6.07, 6.45) is -4.27. The Hall–Kier alpha value is -1.07. The van der Waals surface area contributed by atoms with Crippen molar-refractivity contribution in [2.75, 3.05) is 19.6 Å². The number of alkyl halides is 3. The van der Waals surface area contributed by atoms with Gasteiger partial charge in [0.2, 0.25) is 0 Å². The highest BCUT2D eigenvalue weighted by Crippen LogP contribution is 2.29. The molecule has 0 aromatic heterocycles. The molecule has 0 amide bonds. The summed E-state index contributed by atoms with van der Waals surface area (Å²) in [5.74, 6) is 0. The predicted octanol–water partition coefficient (Wildman–Crippen LogP) is 4.09. The molecule has 0 spiro atoms. The van der Waals surface area contributed by atoms with Crippen molar-refractivity contribution in [3.05, 3.63) is 35.4 Å². The predicted molar refractivity (Wildman–Crippen MR) is 80.2 cm³/mol. The molecular weight excluding hydrogens is 277 g/mol. The normalized spacial score (nSPS) is 15.2. The number of likely N-dealkylation sites (N-methyl/N-ethyl adjacent to an activating group) is 1. The van der Waals surface area contributed by atoms with E-state index in [9.17, 15) is 13.2 Å². The van der Waals surface area contributed by atoms with Gasteiger partial charge >= 0.3 is 6.18 Å². The third-order valence-corrected chi connectivity index (χ3v) is 3.70. The molecular formula is C16H25F3N2. The van der Waals surface area contributed by atoms with Crippen LogP contribution in [0.4, 0.5) is 13.2 Å². The second-order valence-corrected chi connectivity index (χ2v) is 5.40. The fourth-order valence-electron chi connectivity index (χ4n) is 2.41. The Kier molecular flexibility index (Phi) is 6.68. The second-order valence-electron chi connectivity index (χ2n) is 5.40. The zero-order valence-corrected chi connectivity index (χ0v) is 13.2. The van der Waals surface area contributed by atoms with Crippen LogP contribution in [0.25, 0.3) is 0 Å². The third-order valence-electron chi connectivity index (χ3n) is 3.70. The summed E-state index contributed by atoms with van der Waals surface area (Å²) in [4.78, 5) is 2.32. The van der Waals surface area contributed by atoms with Crippen LogP contribution < -0.4 is 5.32 Å². The highest BCUT2D eigenvalue weighted by atomic mass is 19.4. The molecule has 0 saturated heterocycles. The van der Waals surface area contributed by atoms with Gasteiger partial charge in [-0.3, -0.25) is 0 Å². The molecule has 0 aliphatic carbocycles. The summed E-state index contributed by atoms with van der Waals surface area (Å²) in [5, 5.41) is 3.43. The van der Waals surface area contributed by atoms with Crippen LogP contribution in [0.1, 0.15) is 44.9 Å². The summed E-state index contributed by atoms with van der Waals surface area (Å²) in [7, 11) is 0. The van der Waals surface area contributed by atoms with Gasteiger partial charge in [0.05, 0.1) is 5.56 Å². The first-order valence-electron chi connectivity index (χ1n) is 7.43. The van der Waals surface area contributed by atoms with Gasteiger partial charge in [0.25, 0.3) is 0 Å². The first kappa shape index (κ1) is 18.0. The smallest absolute Gasteiger partial charge is 0.306 e. The zero-order chi connectivity index (χ0) is 16.0. The van der Waals surface area contributed by atoms with Crippen molar-refractivity contribution in [1.29, 1.82) is 0 Å². The van der Waals surface area contributed by atoms with Crippen molar-refractivity contribution in [3.63, 3.8) is 0 Å². The molecule has 0 aliphatic heterocycles. The molecule has 1 N–H and O–H groups in total. The van der Waals surface area contributed by atoms with Crippen LogP contribution in [0.15, 0.2) is 24.3 Å². The van der Waals surface area contributed by atoms with Gasteiger partial charge < -0.3 is 10.2 Å². The molecule has 0 aliphatic rings. The van der Waals surface area contributed by atoms with Crippen molar-refractivity contribution < 1.29 is 13.2 Å². The van der Waals surface area contributed by atoms with Gasteiger partial charge in [0, 0.05) is 18.6 Å². The standard InChI is InChI=1S/C16H25F3N2/c1-5-21(6-2)11-12(3)20-13(4)14-7-9-15(10-8-14)16(17,18)19/h7-10,12-13,20H,5-6,11H2,1-4H3. The molecule has 0 fully saturated rings. The molecule has 0 radical (unpaired) electrons. The third kappa shape index (κ3) is 5.67. The van der Waals surface area contributed by atoms with Crippen LogP contribution in [0, 0.1) is 0 Å². The first-order valence-corrected chi connectivity index (χ1v) is 7.43. The zero-order valence-electron chi connectivity index (χ0n) is 13.2. The summed E-state index contributed by atoms with van der Waals surface area (Å²) in [6, 6.07) is 5.68. The summed E-state index contributed by atoms with van der Waals surface area (Å²) < 4.78 is 37.6. The van der Waals surface area contributed by atoms with E-state index in [-0.39, 0.29) is 12.1 Å². The monoisotopic (exact) mass is 302 g/mol. The minimum atomic E-state index is -4.27. The lowest BCUT2D eigenvalue weighted by Crippen LogP contribution is -2.40. The van der Waals surface area contributed by atoms with E-state index in [2.05, 4.69) is 31.0 Å². The average molecular weight is 302 g/mol. The van der Waals surface area contributed by atoms with E-state index in [0.29, 0.717) is 0 Å². The largest absolute Gasteiger partial charge is 0.416 e. The van der Waals surface area contributed by atoms with E-state index in [1.807, 2.05) is 6.92 Å². The van der Waals surface area contributed by atoms with E-state index >= 15 is 0 Å². The Morgan fingerprint density at radius 3 is 2.00 bits per heavy atom. The van der Waals surface area contributed by atoms with Gasteiger partial charge in [-0.05, 0) is 44.6 Å². The lowest BCUT2D eigenvalue weighted by atomic mass is 10.0. The number of hydrogen-bond acceptors (Lipinski definition) is 2. The number of benzene rings is 1. The van der Waals surface area contributed by atoms with Gasteiger partial charge in [-0.25, -0.2) is 0 Å². The summed E-state index contributed by atoms with van der Waals surface area (Å²) in [6.45, 7) is 11.2. The molecule has 1 rings (SSSR count). The molecule has 0 heterocycles. The Morgan fingerprint density at radius 1 is 1.05 bits per heavy atom. The molecule has 0 bridgehead atoms. The molecule has 5 heteroatoms. The van der Waals surface area contributed by atoms with Crippen LogP contribution in [-0.4, -0.2) is 30.6 Å². The Morgan fingerprint density at radius 2 is 1.57 bits per heavy atom. The lowest BCUT2D eigenvalue weighted by molar-refractivity contribution is -0.137. The van der Waals surface area contributed by atoms with E-state index in [0.717, 1.165) is 37.3 Å². The summed E-state index contributed by atoms with van der Waals surface area (Å²) >= 11 is 0. The topological polar surface area (TPSA) is 15.3 Å². The number of nitrogens with one attached hydrogen (secondary N) is 1. The van der Waals surface area contributed by atoms with Gasteiger partial charge in [0.15, 0.2) is 0 Å². The maximum atomic E-state index is 12.5. The van der Waals surface area contributed by atoms with Crippen molar-refractivity contribution in [2.24, 2.45) is 0 Å². The van der Waals surface area contributed by atoms with E-state index in [1.54, 1.807) is 12.1 Å².